The Morgan fingerprint density at radius 3 is 2.53 bits per heavy atom. The molecule has 1 amide bonds. The summed E-state index contributed by atoms with van der Waals surface area (Å²) in [7, 11) is 1.72. The maximum absolute atomic E-state index is 13.0. The van der Waals surface area contributed by atoms with Crippen molar-refractivity contribution < 1.29 is 18.0 Å². The van der Waals surface area contributed by atoms with E-state index in [0.29, 0.717) is 24.9 Å². The average Bonchev–Trinajstić information content (AvgIpc) is 2.37. The van der Waals surface area contributed by atoms with Gasteiger partial charge >= 0.3 is 0 Å². The molecule has 1 aromatic carbocycles. The number of nitrogens with one attached hydrogen (secondary N) is 1. The number of carbonyl (C=O) groups is 1. The lowest BCUT2D eigenvalue weighted by Gasteiger charge is -2.30. The van der Waals surface area contributed by atoms with E-state index in [2.05, 4.69) is 5.32 Å². The Balaban J connectivity index is 1.94. The minimum Gasteiger partial charge on any atom is -0.344 e. The van der Waals surface area contributed by atoms with Crippen molar-refractivity contribution in [2.45, 2.75) is 25.4 Å². The maximum atomic E-state index is 13.0. The molecule has 1 aliphatic heterocycles. The van der Waals surface area contributed by atoms with Crippen LogP contribution in [0, 0.1) is 17.5 Å². The maximum Gasteiger partial charge on any atom is 0.222 e. The molecule has 2 rings (SSSR count). The number of likely N-dealkylation sites (tertiary alicyclic amines) is 1. The number of hydrogen-bond acceptors (Lipinski definition) is 2. The summed E-state index contributed by atoms with van der Waals surface area (Å²) < 4.78 is 38.8. The van der Waals surface area contributed by atoms with Crippen molar-refractivity contribution in [1.82, 2.24) is 10.2 Å². The van der Waals surface area contributed by atoms with Crippen LogP contribution < -0.4 is 5.32 Å². The van der Waals surface area contributed by atoms with Crippen LogP contribution in [0.3, 0.4) is 0 Å². The highest BCUT2D eigenvalue weighted by atomic mass is 19.2. The molecule has 0 spiro atoms. The van der Waals surface area contributed by atoms with Gasteiger partial charge in [-0.3, -0.25) is 4.79 Å². The van der Waals surface area contributed by atoms with Gasteiger partial charge in [0.2, 0.25) is 5.91 Å². The van der Waals surface area contributed by atoms with Crippen LogP contribution in [0.5, 0.6) is 0 Å². The van der Waals surface area contributed by atoms with E-state index < -0.39 is 17.5 Å². The highest BCUT2D eigenvalue weighted by Gasteiger charge is 2.22. The van der Waals surface area contributed by atoms with E-state index in [0.717, 1.165) is 12.1 Å². The molecule has 1 N–H and O–H groups in total. The molecule has 0 saturated carbocycles. The quantitative estimate of drug-likeness (QED) is 0.851. The van der Waals surface area contributed by atoms with Crippen LogP contribution in [0.25, 0.3) is 0 Å². The molecule has 1 unspecified atom stereocenters. The third-order valence-electron chi connectivity index (χ3n) is 3.27. The van der Waals surface area contributed by atoms with Gasteiger partial charge in [-0.05, 0) is 24.1 Å². The lowest BCUT2D eigenvalue weighted by molar-refractivity contribution is -0.132. The molecular formula is C13H15F3N2O. The van der Waals surface area contributed by atoms with E-state index in [1.54, 1.807) is 11.9 Å². The molecule has 1 aliphatic rings. The lowest BCUT2D eigenvalue weighted by Crippen LogP contribution is -2.46. The van der Waals surface area contributed by atoms with Crippen molar-refractivity contribution in [3.63, 3.8) is 0 Å². The fourth-order valence-corrected chi connectivity index (χ4v) is 2.15. The smallest absolute Gasteiger partial charge is 0.222 e. The Hall–Kier alpha value is -1.56. The third-order valence-corrected chi connectivity index (χ3v) is 3.27. The minimum atomic E-state index is -1.45. The Bertz CT molecular complexity index is 470. The standard InChI is InChI=1S/C13H15F3N2O/c1-18-7-9(2-3-12(18)19)17-6-8-4-10(14)13(16)11(15)5-8/h4-5,9,17H,2-3,6-7H2,1H3. The first-order valence-electron chi connectivity index (χ1n) is 6.08. The van der Waals surface area contributed by atoms with Crippen LogP contribution in [-0.4, -0.2) is 30.4 Å². The van der Waals surface area contributed by atoms with Gasteiger partial charge in [0.1, 0.15) is 0 Å². The predicted octanol–water partition coefficient (Wildman–Crippen LogP) is 1.81. The van der Waals surface area contributed by atoms with Crippen molar-refractivity contribution in [1.29, 1.82) is 0 Å². The molecule has 6 heteroatoms. The van der Waals surface area contributed by atoms with Gasteiger partial charge in [-0.2, -0.15) is 0 Å². The Labute approximate surface area is 109 Å². The first-order valence-corrected chi connectivity index (χ1v) is 6.08. The average molecular weight is 272 g/mol. The zero-order valence-electron chi connectivity index (χ0n) is 10.5. The van der Waals surface area contributed by atoms with Crippen molar-refractivity contribution in [2.75, 3.05) is 13.6 Å². The van der Waals surface area contributed by atoms with E-state index in [9.17, 15) is 18.0 Å². The monoisotopic (exact) mass is 272 g/mol. The number of rotatable bonds is 3. The molecule has 1 atom stereocenters. The molecule has 1 aromatic rings. The summed E-state index contributed by atoms with van der Waals surface area (Å²) in [5.74, 6) is -3.73. The molecule has 19 heavy (non-hydrogen) atoms. The number of likely N-dealkylation sites (N-methyl/N-ethyl adjacent to an activating group) is 1. The highest BCUT2D eigenvalue weighted by molar-refractivity contribution is 5.76. The van der Waals surface area contributed by atoms with Crippen LogP contribution in [-0.2, 0) is 11.3 Å². The summed E-state index contributed by atoms with van der Waals surface area (Å²) in [6.45, 7) is 0.797. The van der Waals surface area contributed by atoms with Crippen LogP contribution in [0.1, 0.15) is 18.4 Å². The molecule has 0 aromatic heterocycles. The molecule has 1 fully saturated rings. The van der Waals surface area contributed by atoms with Crippen molar-refractivity contribution in [3.8, 4) is 0 Å². The second-order valence-corrected chi connectivity index (χ2v) is 4.76. The SMILES string of the molecule is CN1CC(NCc2cc(F)c(F)c(F)c2)CCC1=O. The van der Waals surface area contributed by atoms with Gasteiger partial charge < -0.3 is 10.2 Å². The van der Waals surface area contributed by atoms with Crippen molar-refractivity contribution >= 4 is 5.91 Å². The summed E-state index contributed by atoms with van der Waals surface area (Å²) in [5, 5.41) is 3.11. The van der Waals surface area contributed by atoms with E-state index in [1.165, 1.54) is 0 Å². The number of benzene rings is 1. The Kier molecular flexibility index (Phi) is 4.09. The van der Waals surface area contributed by atoms with Gasteiger partial charge in [0, 0.05) is 32.6 Å². The fraction of sp³-hybridized carbons (Fsp3) is 0.462. The van der Waals surface area contributed by atoms with Gasteiger partial charge in [0.25, 0.3) is 0 Å². The minimum absolute atomic E-state index is 0.0823. The van der Waals surface area contributed by atoms with Crippen LogP contribution in [0.4, 0.5) is 13.2 Å². The van der Waals surface area contributed by atoms with E-state index in [1.807, 2.05) is 0 Å². The summed E-state index contributed by atoms with van der Waals surface area (Å²) in [4.78, 5) is 12.9. The van der Waals surface area contributed by atoms with Gasteiger partial charge in [0.05, 0.1) is 0 Å². The van der Waals surface area contributed by atoms with Crippen LogP contribution in [0.15, 0.2) is 12.1 Å². The molecule has 104 valence electrons. The predicted molar refractivity (Wildman–Crippen MR) is 63.8 cm³/mol. The number of amides is 1. The number of piperidine rings is 1. The zero-order chi connectivity index (χ0) is 14.0. The first-order chi connectivity index (χ1) is 8.97. The molecule has 0 aliphatic carbocycles. The number of hydrogen-bond donors (Lipinski definition) is 1. The van der Waals surface area contributed by atoms with Crippen LogP contribution >= 0.6 is 0 Å². The molecule has 1 heterocycles. The van der Waals surface area contributed by atoms with E-state index >= 15 is 0 Å². The van der Waals surface area contributed by atoms with Crippen molar-refractivity contribution in [2.24, 2.45) is 0 Å². The van der Waals surface area contributed by atoms with Crippen LogP contribution in [0.2, 0.25) is 0 Å². The largest absolute Gasteiger partial charge is 0.344 e. The van der Waals surface area contributed by atoms with E-state index in [-0.39, 0.29) is 18.5 Å². The lowest BCUT2D eigenvalue weighted by atomic mass is 10.1. The molecule has 0 radical (unpaired) electrons. The van der Waals surface area contributed by atoms with E-state index in [4.69, 9.17) is 0 Å². The summed E-state index contributed by atoms with van der Waals surface area (Å²) >= 11 is 0. The normalized spacial score (nSPS) is 19.9. The topological polar surface area (TPSA) is 32.3 Å². The number of halogens is 3. The molecular weight excluding hydrogens is 257 g/mol. The Morgan fingerprint density at radius 2 is 1.95 bits per heavy atom. The highest BCUT2D eigenvalue weighted by Crippen LogP contribution is 2.15. The second-order valence-electron chi connectivity index (χ2n) is 4.76. The number of nitrogens with zero attached hydrogens (tertiary/aromatic N) is 1. The molecule has 0 bridgehead atoms. The summed E-state index contributed by atoms with van der Waals surface area (Å²) in [5.41, 5.74) is 0.343. The summed E-state index contributed by atoms with van der Waals surface area (Å²) in [6.07, 6.45) is 1.15. The third kappa shape index (κ3) is 3.26. The van der Waals surface area contributed by atoms with Gasteiger partial charge in [0.15, 0.2) is 17.5 Å². The van der Waals surface area contributed by atoms with Gasteiger partial charge in [-0.15, -0.1) is 0 Å². The van der Waals surface area contributed by atoms with Gasteiger partial charge in [-0.25, -0.2) is 13.2 Å². The summed E-state index contributed by atoms with van der Waals surface area (Å²) in [6, 6.07) is 2.03. The molecule has 1 saturated heterocycles. The Morgan fingerprint density at radius 1 is 1.32 bits per heavy atom. The van der Waals surface area contributed by atoms with Gasteiger partial charge in [-0.1, -0.05) is 0 Å². The zero-order valence-corrected chi connectivity index (χ0v) is 10.5. The first kappa shape index (κ1) is 13.9. The number of carbonyl (C=O) groups excluding carboxylic acids is 1. The van der Waals surface area contributed by atoms with Crippen molar-refractivity contribution in [3.05, 3.63) is 35.1 Å². The molecule has 3 nitrogen and oxygen atoms in total. The fourth-order valence-electron chi connectivity index (χ4n) is 2.15. The second kappa shape index (κ2) is 5.61.